The highest BCUT2D eigenvalue weighted by Gasteiger charge is 2.23. The van der Waals surface area contributed by atoms with E-state index in [2.05, 4.69) is 59.2 Å². The van der Waals surface area contributed by atoms with Gasteiger partial charge in [0.1, 0.15) is 0 Å². The Labute approximate surface area is 116 Å². The van der Waals surface area contributed by atoms with Crippen LogP contribution in [0.3, 0.4) is 0 Å². The van der Waals surface area contributed by atoms with Crippen LogP contribution in [0.15, 0.2) is 5.38 Å². The van der Waals surface area contributed by atoms with Crippen LogP contribution in [0.25, 0.3) is 0 Å². The topological polar surface area (TPSA) is 24.9 Å². The molecule has 3 heteroatoms. The molecular weight excluding hydrogens is 240 g/mol. The first-order chi connectivity index (χ1) is 8.10. The lowest BCUT2D eigenvalue weighted by Crippen LogP contribution is -2.35. The van der Waals surface area contributed by atoms with E-state index in [1.165, 1.54) is 10.7 Å². The maximum Gasteiger partial charge on any atom is 0.0934 e. The van der Waals surface area contributed by atoms with E-state index in [-0.39, 0.29) is 10.8 Å². The van der Waals surface area contributed by atoms with Crippen LogP contribution in [0, 0.1) is 5.41 Å². The lowest BCUT2D eigenvalue weighted by Gasteiger charge is -2.25. The van der Waals surface area contributed by atoms with E-state index in [1.54, 1.807) is 11.3 Å². The molecule has 0 atom stereocenters. The second-order valence-corrected chi connectivity index (χ2v) is 8.20. The number of nitrogens with zero attached hydrogens (tertiary/aromatic N) is 1. The molecule has 0 aliphatic carbocycles. The predicted molar refractivity (Wildman–Crippen MR) is 81.4 cm³/mol. The summed E-state index contributed by atoms with van der Waals surface area (Å²) in [6.07, 6.45) is 1.05. The van der Waals surface area contributed by atoms with E-state index in [1.807, 2.05) is 0 Å². The van der Waals surface area contributed by atoms with Crippen molar-refractivity contribution in [2.24, 2.45) is 5.41 Å². The number of aromatic nitrogens is 1. The largest absolute Gasteiger partial charge is 0.314 e. The summed E-state index contributed by atoms with van der Waals surface area (Å²) < 4.78 is 0. The van der Waals surface area contributed by atoms with Crippen molar-refractivity contribution >= 4 is 11.3 Å². The number of rotatable bonds is 5. The third-order valence-electron chi connectivity index (χ3n) is 2.94. The van der Waals surface area contributed by atoms with Crippen molar-refractivity contribution in [1.29, 1.82) is 0 Å². The van der Waals surface area contributed by atoms with Crippen molar-refractivity contribution in [3.05, 3.63) is 16.1 Å². The maximum absolute atomic E-state index is 4.78. The highest BCUT2D eigenvalue weighted by atomic mass is 32.1. The maximum atomic E-state index is 4.78. The molecule has 0 radical (unpaired) electrons. The standard InChI is InChI=1S/C15H28N2S/c1-11(2)16-10-15(6,7)8-13-17-12(9-18-13)14(3,4)5/h9,11,16H,8,10H2,1-7H3. The first kappa shape index (κ1) is 15.6. The Hall–Kier alpha value is -0.410. The van der Waals surface area contributed by atoms with Crippen molar-refractivity contribution in [2.45, 2.75) is 66.3 Å². The van der Waals surface area contributed by atoms with Crippen molar-refractivity contribution in [2.75, 3.05) is 6.54 Å². The van der Waals surface area contributed by atoms with Crippen LogP contribution in [-0.4, -0.2) is 17.6 Å². The summed E-state index contributed by atoms with van der Waals surface area (Å²) in [7, 11) is 0. The third-order valence-corrected chi connectivity index (χ3v) is 3.79. The van der Waals surface area contributed by atoms with Gasteiger partial charge in [-0.05, 0) is 5.41 Å². The van der Waals surface area contributed by atoms with Gasteiger partial charge in [-0.25, -0.2) is 4.98 Å². The van der Waals surface area contributed by atoms with Gasteiger partial charge in [0.2, 0.25) is 0 Å². The van der Waals surface area contributed by atoms with Gasteiger partial charge in [0.15, 0.2) is 0 Å². The molecule has 1 aromatic rings. The molecule has 0 aromatic carbocycles. The molecule has 1 rings (SSSR count). The Balaban J connectivity index is 2.64. The van der Waals surface area contributed by atoms with Gasteiger partial charge in [0.25, 0.3) is 0 Å². The SMILES string of the molecule is CC(C)NCC(C)(C)Cc1nc(C(C)(C)C)cs1. The molecule has 0 unspecified atom stereocenters. The van der Waals surface area contributed by atoms with Crippen LogP contribution in [0.1, 0.15) is 59.2 Å². The molecule has 18 heavy (non-hydrogen) atoms. The van der Waals surface area contributed by atoms with Crippen LogP contribution in [0.5, 0.6) is 0 Å². The van der Waals surface area contributed by atoms with Crippen LogP contribution in [0.4, 0.5) is 0 Å². The summed E-state index contributed by atoms with van der Waals surface area (Å²) in [4.78, 5) is 4.78. The molecule has 104 valence electrons. The highest BCUT2D eigenvalue weighted by molar-refractivity contribution is 7.09. The zero-order valence-corrected chi connectivity index (χ0v) is 13.7. The molecule has 1 aromatic heterocycles. The van der Waals surface area contributed by atoms with E-state index >= 15 is 0 Å². The number of hydrogen-bond donors (Lipinski definition) is 1. The quantitative estimate of drug-likeness (QED) is 0.873. The Morgan fingerprint density at radius 1 is 1.22 bits per heavy atom. The van der Waals surface area contributed by atoms with E-state index in [9.17, 15) is 0 Å². The van der Waals surface area contributed by atoms with Crippen LogP contribution >= 0.6 is 11.3 Å². The van der Waals surface area contributed by atoms with Gasteiger partial charge in [-0.15, -0.1) is 11.3 Å². The van der Waals surface area contributed by atoms with Gasteiger partial charge < -0.3 is 5.32 Å². The molecule has 2 nitrogen and oxygen atoms in total. The van der Waals surface area contributed by atoms with Crippen LogP contribution < -0.4 is 5.32 Å². The highest BCUT2D eigenvalue weighted by Crippen LogP contribution is 2.28. The normalized spacial score (nSPS) is 13.3. The summed E-state index contributed by atoms with van der Waals surface area (Å²) in [6, 6.07) is 0.547. The fourth-order valence-corrected chi connectivity index (χ4v) is 2.97. The molecule has 0 bridgehead atoms. The van der Waals surface area contributed by atoms with E-state index < -0.39 is 0 Å². The molecule has 0 aliphatic rings. The fourth-order valence-electron chi connectivity index (χ4n) is 1.69. The first-order valence-corrected chi connectivity index (χ1v) is 7.66. The summed E-state index contributed by atoms with van der Waals surface area (Å²) >= 11 is 1.80. The summed E-state index contributed by atoms with van der Waals surface area (Å²) in [5, 5.41) is 6.99. The predicted octanol–water partition coefficient (Wildman–Crippen LogP) is 4.01. The lowest BCUT2D eigenvalue weighted by atomic mass is 9.89. The number of nitrogens with one attached hydrogen (secondary N) is 1. The first-order valence-electron chi connectivity index (χ1n) is 6.78. The minimum atomic E-state index is 0.162. The van der Waals surface area contributed by atoms with Gasteiger partial charge in [-0.1, -0.05) is 48.5 Å². The second kappa shape index (κ2) is 5.70. The number of thiazole rings is 1. The molecular formula is C15H28N2S. The Bertz CT molecular complexity index is 372. The Kier molecular flexibility index (Phi) is 4.96. The molecule has 0 amide bonds. The van der Waals surface area contributed by atoms with Gasteiger partial charge in [0.05, 0.1) is 10.7 Å². The summed E-state index contributed by atoms with van der Waals surface area (Å²) in [5.41, 5.74) is 1.64. The fraction of sp³-hybridized carbons (Fsp3) is 0.800. The van der Waals surface area contributed by atoms with Crippen LogP contribution in [-0.2, 0) is 11.8 Å². The average molecular weight is 268 g/mol. The smallest absolute Gasteiger partial charge is 0.0934 e. The third kappa shape index (κ3) is 5.07. The molecule has 0 saturated heterocycles. The molecule has 0 saturated carbocycles. The van der Waals surface area contributed by atoms with E-state index in [0.717, 1.165) is 13.0 Å². The lowest BCUT2D eigenvalue weighted by molar-refractivity contribution is 0.325. The van der Waals surface area contributed by atoms with Crippen molar-refractivity contribution in [1.82, 2.24) is 10.3 Å². The number of hydrogen-bond acceptors (Lipinski definition) is 3. The second-order valence-electron chi connectivity index (χ2n) is 7.25. The average Bonchev–Trinajstić information content (AvgIpc) is 2.62. The summed E-state index contributed by atoms with van der Waals surface area (Å²) in [6.45, 7) is 16.7. The monoisotopic (exact) mass is 268 g/mol. The van der Waals surface area contributed by atoms with Gasteiger partial charge in [-0.2, -0.15) is 0 Å². The molecule has 0 aliphatic heterocycles. The zero-order chi connectivity index (χ0) is 14.0. The summed E-state index contributed by atoms with van der Waals surface area (Å²) in [5.74, 6) is 0. The molecule has 0 spiro atoms. The molecule has 0 fully saturated rings. The van der Waals surface area contributed by atoms with Crippen LogP contribution in [0.2, 0.25) is 0 Å². The minimum absolute atomic E-state index is 0.162. The van der Waals surface area contributed by atoms with Crippen molar-refractivity contribution < 1.29 is 0 Å². The van der Waals surface area contributed by atoms with Crippen molar-refractivity contribution in [3.8, 4) is 0 Å². The van der Waals surface area contributed by atoms with Gasteiger partial charge in [-0.3, -0.25) is 0 Å². The van der Waals surface area contributed by atoms with E-state index in [4.69, 9.17) is 4.98 Å². The Morgan fingerprint density at radius 3 is 2.28 bits per heavy atom. The van der Waals surface area contributed by atoms with Gasteiger partial charge >= 0.3 is 0 Å². The zero-order valence-electron chi connectivity index (χ0n) is 12.9. The van der Waals surface area contributed by atoms with E-state index in [0.29, 0.717) is 6.04 Å². The molecule has 1 heterocycles. The molecule has 1 N–H and O–H groups in total. The minimum Gasteiger partial charge on any atom is -0.314 e. The Morgan fingerprint density at radius 2 is 1.83 bits per heavy atom. The van der Waals surface area contributed by atoms with Gasteiger partial charge in [0, 0.05) is 29.8 Å². The van der Waals surface area contributed by atoms with Crippen molar-refractivity contribution in [3.63, 3.8) is 0 Å².